The summed E-state index contributed by atoms with van der Waals surface area (Å²) >= 11 is 11.9. The molecule has 1 aromatic rings. The van der Waals surface area contributed by atoms with Crippen molar-refractivity contribution >= 4 is 34.6 Å². The molecule has 0 atom stereocenters. The maximum absolute atomic E-state index is 13.5. The number of halogens is 3. The van der Waals surface area contributed by atoms with Gasteiger partial charge in [0.05, 0.1) is 16.4 Å². The van der Waals surface area contributed by atoms with Gasteiger partial charge >= 0.3 is 0 Å². The van der Waals surface area contributed by atoms with E-state index in [1.54, 1.807) is 0 Å². The third kappa shape index (κ3) is 2.71. The van der Waals surface area contributed by atoms with E-state index in [1.165, 1.54) is 6.07 Å². The average molecular weight is 265 g/mol. The van der Waals surface area contributed by atoms with Crippen LogP contribution in [0.5, 0.6) is 0 Å². The summed E-state index contributed by atoms with van der Waals surface area (Å²) in [6, 6.07) is 1.39. The molecule has 1 aromatic carbocycles. The van der Waals surface area contributed by atoms with E-state index in [4.69, 9.17) is 28.9 Å². The van der Waals surface area contributed by atoms with Gasteiger partial charge < -0.3 is 10.6 Å². The van der Waals surface area contributed by atoms with E-state index in [2.05, 4.69) is 6.92 Å². The molecule has 0 saturated heterocycles. The van der Waals surface area contributed by atoms with Crippen molar-refractivity contribution in [2.24, 2.45) is 0 Å². The SMILES string of the molecule is CCCCN(C)c1c(Cl)cc(N)c(F)c1Cl. The Hall–Kier alpha value is -0.670. The first kappa shape index (κ1) is 13.4. The monoisotopic (exact) mass is 264 g/mol. The quantitative estimate of drug-likeness (QED) is 0.659. The van der Waals surface area contributed by atoms with E-state index >= 15 is 0 Å². The first-order valence-corrected chi connectivity index (χ1v) is 5.88. The van der Waals surface area contributed by atoms with Gasteiger partial charge in [0.15, 0.2) is 5.82 Å². The highest BCUT2D eigenvalue weighted by atomic mass is 35.5. The van der Waals surface area contributed by atoms with Gasteiger partial charge in [-0.15, -0.1) is 0 Å². The lowest BCUT2D eigenvalue weighted by molar-refractivity contribution is 0.632. The number of hydrogen-bond acceptors (Lipinski definition) is 2. The fourth-order valence-corrected chi connectivity index (χ4v) is 2.22. The molecule has 0 amide bonds. The molecule has 0 spiro atoms. The average Bonchev–Trinajstić information content (AvgIpc) is 2.23. The summed E-state index contributed by atoms with van der Waals surface area (Å²) in [5, 5.41) is 0.367. The predicted molar refractivity (Wildman–Crippen MR) is 69.0 cm³/mol. The normalized spacial score (nSPS) is 10.6. The second kappa shape index (κ2) is 5.60. The van der Waals surface area contributed by atoms with Crippen molar-refractivity contribution in [1.82, 2.24) is 0 Å². The molecule has 2 N–H and O–H groups in total. The molecule has 0 aliphatic heterocycles. The van der Waals surface area contributed by atoms with Crippen molar-refractivity contribution in [3.8, 4) is 0 Å². The topological polar surface area (TPSA) is 29.3 Å². The molecule has 5 heteroatoms. The number of rotatable bonds is 4. The van der Waals surface area contributed by atoms with E-state index < -0.39 is 5.82 Å². The summed E-state index contributed by atoms with van der Waals surface area (Å²) in [7, 11) is 1.83. The van der Waals surface area contributed by atoms with E-state index in [9.17, 15) is 4.39 Å². The molecule has 0 heterocycles. The van der Waals surface area contributed by atoms with E-state index in [0.717, 1.165) is 19.4 Å². The Labute approximate surface area is 105 Å². The maximum atomic E-state index is 13.5. The molecule has 0 aliphatic carbocycles. The number of nitrogens with zero attached hydrogens (tertiary/aromatic N) is 1. The number of anilines is 2. The Balaban J connectivity index is 3.08. The molecule has 0 saturated carbocycles. The molecular weight excluding hydrogens is 250 g/mol. The van der Waals surface area contributed by atoms with Crippen LogP contribution < -0.4 is 10.6 Å². The fourth-order valence-electron chi connectivity index (χ4n) is 1.46. The molecular formula is C11H15Cl2FN2. The molecule has 0 aromatic heterocycles. The summed E-state index contributed by atoms with van der Waals surface area (Å²) in [4.78, 5) is 1.84. The molecule has 90 valence electrons. The van der Waals surface area contributed by atoms with Crippen LogP contribution in [0.1, 0.15) is 19.8 Å². The number of hydrogen-bond donors (Lipinski definition) is 1. The van der Waals surface area contributed by atoms with E-state index in [-0.39, 0.29) is 10.7 Å². The number of benzene rings is 1. The van der Waals surface area contributed by atoms with Crippen LogP contribution in [0.25, 0.3) is 0 Å². The zero-order valence-corrected chi connectivity index (χ0v) is 10.9. The maximum Gasteiger partial charge on any atom is 0.166 e. The van der Waals surface area contributed by atoms with Gasteiger partial charge in [-0.3, -0.25) is 0 Å². The Morgan fingerprint density at radius 2 is 2.06 bits per heavy atom. The highest BCUT2D eigenvalue weighted by Crippen LogP contribution is 2.38. The summed E-state index contributed by atoms with van der Waals surface area (Å²) in [6.07, 6.45) is 2.05. The summed E-state index contributed by atoms with van der Waals surface area (Å²) < 4.78 is 13.5. The Morgan fingerprint density at radius 3 is 2.62 bits per heavy atom. The van der Waals surface area contributed by atoms with E-state index in [1.807, 2.05) is 11.9 Å². The Morgan fingerprint density at radius 1 is 1.44 bits per heavy atom. The van der Waals surface area contributed by atoms with Gasteiger partial charge in [-0.2, -0.15) is 0 Å². The number of nitrogen functional groups attached to an aromatic ring is 1. The van der Waals surface area contributed by atoms with Gasteiger partial charge in [0, 0.05) is 13.6 Å². The van der Waals surface area contributed by atoms with Gasteiger partial charge in [-0.25, -0.2) is 4.39 Å². The van der Waals surface area contributed by atoms with Crippen LogP contribution in [-0.4, -0.2) is 13.6 Å². The van der Waals surface area contributed by atoms with Crippen LogP contribution in [0.3, 0.4) is 0 Å². The lowest BCUT2D eigenvalue weighted by Crippen LogP contribution is -2.19. The van der Waals surface area contributed by atoms with Crippen LogP contribution in [0, 0.1) is 5.82 Å². The molecule has 16 heavy (non-hydrogen) atoms. The number of nitrogens with two attached hydrogens (primary N) is 1. The van der Waals surface area contributed by atoms with Gasteiger partial charge in [0.25, 0.3) is 0 Å². The van der Waals surface area contributed by atoms with Gasteiger partial charge in [0.2, 0.25) is 0 Å². The van der Waals surface area contributed by atoms with E-state index in [0.29, 0.717) is 10.7 Å². The second-order valence-corrected chi connectivity index (χ2v) is 4.48. The fraction of sp³-hybridized carbons (Fsp3) is 0.455. The molecule has 0 aliphatic rings. The molecule has 1 rings (SSSR count). The summed E-state index contributed by atoms with van der Waals surface area (Å²) in [6.45, 7) is 2.86. The third-order valence-corrected chi connectivity index (χ3v) is 3.02. The Kier molecular flexibility index (Phi) is 4.69. The summed E-state index contributed by atoms with van der Waals surface area (Å²) in [5.41, 5.74) is 5.91. The van der Waals surface area contributed by atoms with Crippen molar-refractivity contribution in [2.75, 3.05) is 24.2 Å². The van der Waals surface area contributed by atoms with Crippen LogP contribution >= 0.6 is 23.2 Å². The van der Waals surface area contributed by atoms with Crippen molar-refractivity contribution in [1.29, 1.82) is 0 Å². The molecule has 0 bridgehead atoms. The van der Waals surface area contributed by atoms with Crippen molar-refractivity contribution in [3.63, 3.8) is 0 Å². The first-order chi connectivity index (χ1) is 7.49. The molecule has 0 unspecified atom stereocenters. The minimum absolute atomic E-state index is 0.0106. The second-order valence-electron chi connectivity index (χ2n) is 3.70. The summed E-state index contributed by atoms with van der Waals surface area (Å²) in [5.74, 6) is -0.607. The molecule has 0 fully saturated rings. The number of unbranched alkanes of at least 4 members (excludes halogenated alkanes) is 1. The van der Waals surface area contributed by atoms with Crippen LogP contribution in [0.15, 0.2) is 6.07 Å². The first-order valence-electron chi connectivity index (χ1n) is 5.13. The van der Waals surface area contributed by atoms with Gasteiger partial charge in [0.1, 0.15) is 5.02 Å². The van der Waals surface area contributed by atoms with Crippen molar-refractivity contribution < 1.29 is 4.39 Å². The van der Waals surface area contributed by atoms with Crippen molar-refractivity contribution in [3.05, 3.63) is 21.9 Å². The zero-order valence-electron chi connectivity index (χ0n) is 9.36. The lowest BCUT2D eigenvalue weighted by atomic mass is 10.2. The molecule has 0 radical (unpaired) electrons. The zero-order chi connectivity index (χ0) is 12.3. The standard InChI is InChI=1S/C11H15Cl2FN2/c1-3-4-5-16(2)11-7(12)6-8(15)10(14)9(11)13/h6H,3-5,15H2,1-2H3. The van der Waals surface area contributed by atoms with Crippen LogP contribution in [-0.2, 0) is 0 Å². The predicted octanol–water partition coefficient (Wildman–Crippen LogP) is 3.95. The highest BCUT2D eigenvalue weighted by molar-refractivity contribution is 6.39. The minimum atomic E-state index is -0.607. The van der Waals surface area contributed by atoms with Crippen LogP contribution in [0.2, 0.25) is 10.0 Å². The third-order valence-electron chi connectivity index (χ3n) is 2.39. The lowest BCUT2D eigenvalue weighted by Gasteiger charge is -2.22. The minimum Gasteiger partial charge on any atom is -0.396 e. The highest BCUT2D eigenvalue weighted by Gasteiger charge is 2.17. The Bertz CT molecular complexity index is 383. The largest absolute Gasteiger partial charge is 0.396 e. The van der Waals surface area contributed by atoms with Crippen molar-refractivity contribution in [2.45, 2.75) is 19.8 Å². The van der Waals surface area contributed by atoms with Crippen LogP contribution in [0.4, 0.5) is 15.8 Å². The van der Waals surface area contributed by atoms with Gasteiger partial charge in [-0.1, -0.05) is 36.5 Å². The van der Waals surface area contributed by atoms with Gasteiger partial charge in [-0.05, 0) is 12.5 Å². The molecule has 2 nitrogen and oxygen atoms in total. The smallest absolute Gasteiger partial charge is 0.166 e.